The zero-order chi connectivity index (χ0) is 10.7. The molecule has 0 atom stereocenters. The van der Waals surface area contributed by atoms with E-state index in [1.165, 1.54) is 6.08 Å². The molecule has 1 heterocycles. The number of rotatable bonds is 2. The average molecular weight is 204 g/mol. The van der Waals surface area contributed by atoms with Crippen molar-refractivity contribution in [3.63, 3.8) is 0 Å². The fourth-order valence-electron chi connectivity index (χ4n) is 1.53. The molecule has 1 aliphatic rings. The highest BCUT2D eigenvalue weighted by molar-refractivity contribution is 5.90. The maximum Gasteiger partial charge on any atom is 0.334 e. The minimum Gasteiger partial charge on any atom is -0.488 e. The first-order chi connectivity index (χ1) is 7.31. The minimum absolute atomic E-state index is 0.357. The van der Waals surface area contributed by atoms with Crippen molar-refractivity contribution in [1.82, 2.24) is 0 Å². The summed E-state index contributed by atoms with van der Waals surface area (Å²) in [6, 6.07) is 7.80. The monoisotopic (exact) mass is 204 g/mol. The Hall–Kier alpha value is -1.77. The first-order valence-corrected chi connectivity index (χ1v) is 4.91. The van der Waals surface area contributed by atoms with Gasteiger partial charge in [-0.05, 0) is 6.92 Å². The molecule has 0 aliphatic carbocycles. The third-order valence-electron chi connectivity index (χ3n) is 2.20. The predicted octanol–water partition coefficient (Wildman–Crippen LogP) is 2.12. The summed E-state index contributed by atoms with van der Waals surface area (Å²) < 4.78 is 10.2. The Morgan fingerprint density at radius 2 is 2.33 bits per heavy atom. The van der Waals surface area contributed by atoms with E-state index in [1.807, 2.05) is 24.3 Å². The van der Waals surface area contributed by atoms with E-state index in [1.54, 1.807) is 6.92 Å². The topological polar surface area (TPSA) is 35.5 Å². The van der Waals surface area contributed by atoms with Crippen molar-refractivity contribution < 1.29 is 14.3 Å². The third kappa shape index (κ3) is 2.01. The average Bonchev–Trinajstić information content (AvgIpc) is 2.62. The lowest BCUT2D eigenvalue weighted by Crippen LogP contribution is -2.00. The molecular weight excluding hydrogens is 192 g/mol. The van der Waals surface area contributed by atoms with Gasteiger partial charge in [0.15, 0.2) is 0 Å². The first kappa shape index (κ1) is 9.77. The molecule has 2 rings (SSSR count). The van der Waals surface area contributed by atoms with Gasteiger partial charge in [0.2, 0.25) is 0 Å². The normalized spacial score (nSPS) is 15.9. The van der Waals surface area contributed by atoms with Crippen molar-refractivity contribution in [1.29, 1.82) is 0 Å². The van der Waals surface area contributed by atoms with Crippen LogP contribution in [0.2, 0.25) is 0 Å². The molecule has 15 heavy (non-hydrogen) atoms. The van der Waals surface area contributed by atoms with Crippen molar-refractivity contribution in [3.8, 4) is 0 Å². The van der Waals surface area contributed by atoms with Gasteiger partial charge in [0.1, 0.15) is 12.4 Å². The number of carbonyl (C=O) groups excluding carboxylic acids is 1. The van der Waals surface area contributed by atoms with E-state index in [2.05, 4.69) is 0 Å². The van der Waals surface area contributed by atoms with E-state index in [0.29, 0.717) is 19.0 Å². The Kier molecular flexibility index (Phi) is 2.72. The van der Waals surface area contributed by atoms with Gasteiger partial charge in [-0.25, -0.2) is 4.79 Å². The molecule has 0 bridgehead atoms. The SMILES string of the molecule is CCOC(=O)/C=C1\OCc2ccccc21. The molecule has 0 radical (unpaired) electrons. The second-order valence-electron chi connectivity index (χ2n) is 3.21. The second kappa shape index (κ2) is 4.17. The highest BCUT2D eigenvalue weighted by Gasteiger charge is 2.17. The van der Waals surface area contributed by atoms with Crippen LogP contribution < -0.4 is 0 Å². The molecule has 0 fully saturated rings. The van der Waals surface area contributed by atoms with Crippen molar-refractivity contribution in [2.24, 2.45) is 0 Å². The summed E-state index contributed by atoms with van der Waals surface area (Å²) in [7, 11) is 0. The maximum absolute atomic E-state index is 11.2. The van der Waals surface area contributed by atoms with Crippen molar-refractivity contribution in [2.75, 3.05) is 6.61 Å². The Morgan fingerprint density at radius 1 is 1.53 bits per heavy atom. The summed E-state index contributed by atoms with van der Waals surface area (Å²) in [6.45, 7) is 2.69. The van der Waals surface area contributed by atoms with E-state index in [9.17, 15) is 4.79 Å². The fraction of sp³-hybridized carbons (Fsp3) is 0.250. The summed E-state index contributed by atoms with van der Waals surface area (Å²) in [5, 5.41) is 0. The Labute approximate surface area is 88.3 Å². The van der Waals surface area contributed by atoms with Gasteiger partial charge in [-0.15, -0.1) is 0 Å². The Morgan fingerprint density at radius 3 is 3.13 bits per heavy atom. The quantitative estimate of drug-likeness (QED) is 0.546. The van der Waals surface area contributed by atoms with Crippen LogP contribution in [0.5, 0.6) is 0 Å². The highest BCUT2D eigenvalue weighted by Crippen LogP contribution is 2.28. The van der Waals surface area contributed by atoms with Crippen LogP contribution in [0.1, 0.15) is 18.1 Å². The summed E-state index contributed by atoms with van der Waals surface area (Å²) in [5.74, 6) is 0.244. The molecule has 1 aromatic carbocycles. The summed E-state index contributed by atoms with van der Waals surface area (Å²) in [4.78, 5) is 11.2. The number of fused-ring (bicyclic) bond motifs is 1. The zero-order valence-corrected chi connectivity index (χ0v) is 8.53. The molecule has 0 unspecified atom stereocenters. The molecule has 1 aromatic rings. The lowest BCUT2D eigenvalue weighted by molar-refractivity contribution is -0.137. The van der Waals surface area contributed by atoms with Gasteiger partial charge in [-0.3, -0.25) is 0 Å². The van der Waals surface area contributed by atoms with Crippen LogP contribution in [0.15, 0.2) is 30.3 Å². The van der Waals surface area contributed by atoms with E-state index in [4.69, 9.17) is 9.47 Å². The van der Waals surface area contributed by atoms with Crippen LogP contribution in [0.3, 0.4) is 0 Å². The van der Waals surface area contributed by atoms with Gasteiger partial charge in [-0.2, -0.15) is 0 Å². The molecule has 0 amide bonds. The van der Waals surface area contributed by atoms with Crippen LogP contribution in [0.4, 0.5) is 0 Å². The number of esters is 1. The molecule has 0 spiro atoms. The van der Waals surface area contributed by atoms with E-state index in [0.717, 1.165) is 11.1 Å². The molecule has 3 heteroatoms. The Balaban J connectivity index is 2.23. The number of hydrogen-bond donors (Lipinski definition) is 0. The van der Waals surface area contributed by atoms with Gasteiger partial charge < -0.3 is 9.47 Å². The van der Waals surface area contributed by atoms with Crippen LogP contribution in [-0.2, 0) is 20.9 Å². The molecule has 0 aromatic heterocycles. The smallest absolute Gasteiger partial charge is 0.334 e. The molecule has 1 aliphatic heterocycles. The third-order valence-corrected chi connectivity index (χ3v) is 2.20. The van der Waals surface area contributed by atoms with Crippen LogP contribution in [-0.4, -0.2) is 12.6 Å². The largest absolute Gasteiger partial charge is 0.488 e. The van der Waals surface area contributed by atoms with Crippen LogP contribution >= 0.6 is 0 Å². The lowest BCUT2D eigenvalue weighted by Gasteiger charge is -1.99. The highest BCUT2D eigenvalue weighted by atomic mass is 16.5. The predicted molar refractivity (Wildman–Crippen MR) is 55.8 cm³/mol. The summed E-state index contributed by atoms with van der Waals surface area (Å²) in [6.07, 6.45) is 1.40. The number of carbonyl (C=O) groups is 1. The van der Waals surface area contributed by atoms with E-state index in [-0.39, 0.29) is 5.97 Å². The van der Waals surface area contributed by atoms with Gasteiger partial charge in [-0.1, -0.05) is 24.3 Å². The van der Waals surface area contributed by atoms with E-state index >= 15 is 0 Å². The standard InChI is InChI=1S/C12H12O3/c1-2-14-12(13)7-11-10-6-4-3-5-9(10)8-15-11/h3-7H,2,8H2,1H3/b11-7-. The molecule has 0 N–H and O–H groups in total. The Bertz CT molecular complexity index is 407. The van der Waals surface area contributed by atoms with Crippen molar-refractivity contribution in [2.45, 2.75) is 13.5 Å². The van der Waals surface area contributed by atoms with Crippen molar-refractivity contribution >= 4 is 11.7 Å². The van der Waals surface area contributed by atoms with Gasteiger partial charge in [0, 0.05) is 11.1 Å². The molecule has 78 valence electrons. The molecular formula is C12H12O3. The fourth-order valence-corrected chi connectivity index (χ4v) is 1.53. The van der Waals surface area contributed by atoms with Crippen LogP contribution in [0, 0.1) is 0 Å². The molecule has 0 saturated carbocycles. The zero-order valence-electron chi connectivity index (χ0n) is 8.53. The number of hydrogen-bond acceptors (Lipinski definition) is 3. The molecule has 0 saturated heterocycles. The van der Waals surface area contributed by atoms with Gasteiger partial charge >= 0.3 is 5.97 Å². The maximum atomic E-state index is 11.2. The second-order valence-corrected chi connectivity index (χ2v) is 3.21. The molecule has 3 nitrogen and oxygen atoms in total. The van der Waals surface area contributed by atoms with Crippen LogP contribution in [0.25, 0.3) is 5.76 Å². The first-order valence-electron chi connectivity index (χ1n) is 4.91. The minimum atomic E-state index is -0.357. The van der Waals surface area contributed by atoms with Crippen molar-refractivity contribution in [3.05, 3.63) is 41.5 Å². The number of benzene rings is 1. The van der Waals surface area contributed by atoms with E-state index < -0.39 is 0 Å². The van der Waals surface area contributed by atoms with Gasteiger partial charge in [0.05, 0.1) is 12.7 Å². The van der Waals surface area contributed by atoms with Gasteiger partial charge in [0.25, 0.3) is 0 Å². The summed E-state index contributed by atoms with van der Waals surface area (Å²) >= 11 is 0. The number of ether oxygens (including phenoxy) is 2. The lowest BCUT2D eigenvalue weighted by atomic mass is 10.1. The summed E-state index contributed by atoms with van der Waals surface area (Å²) in [5.41, 5.74) is 2.08.